The summed E-state index contributed by atoms with van der Waals surface area (Å²) in [7, 11) is 0. The summed E-state index contributed by atoms with van der Waals surface area (Å²) >= 11 is 5.48. The SMILES string of the molecule is Fc1ccccc1COc1cncc(C#CCCl)c1. The standard InChI is InChI=1S/C15H11ClFNO/c16-7-3-4-12-8-14(10-18-9-12)19-11-13-5-1-2-6-15(13)17/h1-2,5-6,8-10H,7,11H2. The minimum atomic E-state index is -0.284. The van der Waals surface area contributed by atoms with Crippen LogP contribution in [0.25, 0.3) is 0 Å². The Kier molecular flexibility index (Phi) is 4.77. The number of alkyl halides is 1. The zero-order valence-corrected chi connectivity index (χ0v) is 10.8. The number of halogens is 2. The largest absolute Gasteiger partial charge is 0.487 e. The van der Waals surface area contributed by atoms with Gasteiger partial charge in [-0.1, -0.05) is 30.0 Å². The fourth-order valence-electron chi connectivity index (χ4n) is 1.48. The van der Waals surface area contributed by atoms with E-state index in [1.807, 2.05) is 0 Å². The third kappa shape index (κ3) is 3.97. The highest BCUT2D eigenvalue weighted by Gasteiger charge is 2.02. The summed E-state index contributed by atoms with van der Waals surface area (Å²) in [6.07, 6.45) is 3.18. The van der Waals surface area contributed by atoms with Crippen LogP contribution < -0.4 is 4.74 Å². The molecule has 1 heterocycles. The molecule has 0 saturated carbocycles. The van der Waals surface area contributed by atoms with E-state index >= 15 is 0 Å². The maximum atomic E-state index is 13.4. The van der Waals surface area contributed by atoms with Crippen LogP contribution in [-0.2, 0) is 6.61 Å². The molecular formula is C15H11ClFNO. The van der Waals surface area contributed by atoms with Crippen molar-refractivity contribution in [1.82, 2.24) is 4.98 Å². The van der Waals surface area contributed by atoms with Crippen LogP contribution in [0.15, 0.2) is 42.7 Å². The molecule has 0 unspecified atom stereocenters. The molecule has 0 bridgehead atoms. The van der Waals surface area contributed by atoms with Crippen LogP contribution in [0.2, 0.25) is 0 Å². The number of aromatic nitrogens is 1. The first-order valence-electron chi connectivity index (χ1n) is 5.65. The van der Waals surface area contributed by atoms with Crippen LogP contribution in [0, 0.1) is 17.7 Å². The first kappa shape index (κ1) is 13.4. The van der Waals surface area contributed by atoms with E-state index in [0.29, 0.717) is 16.9 Å². The molecule has 1 aromatic carbocycles. The third-order valence-electron chi connectivity index (χ3n) is 2.36. The Morgan fingerprint density at radius 1 is 1.26 bits per heavy atom. The van der Waals surface area contributed by atoms with Crippen molar-refractivity contribution in [1.29, 1.82) is 0 Å². The van der Waals surface area contributed by atoms with Crippen LogP contribution in [-0.4, -0.2) is 10.9 Å². The second kappa shape index (κ2) is 6.77. The topological polar surface area (TPSA) is 22.1 Å². The molecule has 0 fully saturated rings. The molecular weight excluding hydrogens is 265 g/mol. The second-order valence-electron chi connectivity index (χ2n) is 3.72. The maximum Gasteiger partial charge on any atom is 0.139 e. The maximum absolute atomic E-state index is 13.4. The molecule has 0 aliphatic rings. The number of rotatable bonds is 3. The molecule has 0 spiro atoms. The Balaban J connectivity index is 2.06. The molecule has 96 valence electrons. The first-order valence-corrected chi connectivity index (χ1v) is 6.19. The minimum absolute atomic E-state index is 0.154. The molecule has 0 radical (unpaired) electrons. The molecule has 0 atom stereocenters. The predicted molar refractivity (Wildman–Crippen MR) is 72.6 cm³/mol. The van der Waals surface area contributed by atoms with Gasteiger partial charge >= 0.3 is 0 Å². The van der Waals surface area contributed by atoms with Crippen molar-refractivity contribution >= 4 is 11.6 Å². The van der Waals surface area contributed by atoms with E-state index in [1.54, 1.807) is 36.7 Å². The fraction of sp³-hybridized carbons (Fsp3) is 0.133. The van der Waals surface area contributed by atoms with Gasteiger partial charge in [0, 0.05) is 17.3 Å². The summed E-state index contributed by atoms with van der Waals surface area (Å²) in [5.74, 6) is 6.11. The van der Waals surface area contributed by atoms with Gasteiger partial charge in [0.1, 0.15) is 18.2 Å². The van der Waals surface area contributed by atoms with Crippen LogP contribution >= 0.6 is 11.6 Å². The quantitative estimate of drug-likeness (QED) is 0.633. The van der Waals surface area contributed by atoms with E-state index in [0.717, 1.165) is 0 Å². The molecule has 0 amide bonds. The van der Waals surface area contributed by atoms with Crippen molar-refractivity contribution in [2.24, 2.45) is 0 Å². The molecule has 1 aromatic heterocycles. The number of hydrogen-bond acceptors (Lipinski definition) is 2. The summed E-state index contributed by atoms with van der Waals surface area (Å²) < 4.78 is 18.9. The number of hydrogen-bond donors (Lipinski definition) is 0. The van der Waals surface area contributed by atoms with Gasteiger partial charge < -0.3 is 4.74 Å². The highest BCUT2D eigenvalue weighted by molar-refractivity contribution is 6.19. The molecule has 4 heteroatoms. The zero-order chi connectivity index (χ0) is 13.5. The van der Waals surface area contributed by atoms with Gasteiger partial charge in [0.15, 0.2) is 0 Å². The number of pyridine rings is 1. The van der Waals surface area contributed by atoms with E-state index < -0.39 is 0 Å². The van der Waals surface area contributed by atoms with Gasteiger partial charge in [0.05, 0.1) is 12.1 Å². The average Bonchev–Trinajstić information content (AvgIpc) is 2.45. The first-order chi connectivity index (χ1) is 9.29. The lowest BCUT2D eigenvalue weighted by Crippen LogP contribution is -1.98. The van der Waals surface area contributed by atoms with Crippen molar-refractivity contribution in [2.45, 2.75) is 6.61 Å². The normalized spacial score (nSPS) is 9.58. The minimum Gasteiger partial charge on any atom is -0.487 e. The van der Waals surface area contributed by atoms with Crippen LogP contribution in [0.5, 0.6) is 5.75 Å². The molecule has 0 saturated heterocycles. The van der Waals surface area contributed by atoms with E-state index in [1.165, 1.54) is 6.07 Å². The van der Waals surface area contributed by atoms with Gasteiger partial charge in [-0.05, 0) is 12.1 Å². The van der Waals surface area contributed by atoms with Gasteiger partial charge in [-0.25, -0.2) is 4.39 Å². The summed E-state index contributed by atoms with van der Waals surface area (Å²) in [4.78, 5) is 4.01. The Hall–Kier alpha value is -2.05. The van der Waals surface area contributed by atoms with Crippen LogP contribution in [0.4, 0.5) is 4.39 Å². The lowest BCUT2D eigenvalue weighted by Gasteiger charge is -2.06. The van der Waals surface area contributed by atoms with Crippen LogP contribution in [0.3, 0.4) is 0 Å². The fourth-order valence-corrected chi connectivity index (χ4v) is 1.54. The van der Waals surface area contributed by atoms with E-state index in [4.69, 9.17) is 16.3 Å². The average molecular weight is 276 g/mol. The van der Waals surface area contributed by atoms with Crippen molar-refractivity contribution in [3.8, 4) is 17.6 Å². The summed E-state index contributed by atoms with van der Waals surface area (Å²) in [6.45, 7) is 0.154. The summed E-state index contributed by atoms with van der Waals surface area (Å²) in [6, 6.07) is 8.23. The molecule has 2 aromatic rings. The third-order valence-corrected chi connectivity index (χ3v) is 2.50. The molecule has 0 aliphatic heterocycles. The number of nitrogens with zero attached hydrogens (tertiary/aromatic N) is 1. The van der Waals surface area contributed by atoms with E-state index in [9.17, 15) is 4.39 Å². The van der Waals surface area contributed by atoms with Gasteiger partial charge in [0.2, 0.25) is 0 Å². The lowest BCUT2D eigenvalue weighted by atomic mass is 10.2. The second-order valence-corrected chi connectivity index (χ2v) is 3.99. The molecule has 0 aliphatic carbocycles. The predicted octanol–water partition coefficient (Wildman–Crippen LogP) is 3.39. The van der Waals surface area contributed by atoms with Gasteiger partial charge in [-0.3, -0.25) is 4.98 Å². The van der Waals surface area contributed by atoms with Gasteiger partial charge in [-0.2, -0.15) is 0 Å². The highest BCUT2D eigenvalue weighted by atomic mass is 35.5. The Bertz CT molecular complexity index is 619. The smallest absolute Gasteiger partial charge is 0.139 e. The van der Waals surface area contributed by atoms with Crippen molar-refractivity contribution < 1.29 is 9.13 Å². The van der Waals surface area contributed by atoms with Crippen LogP contribution in [0.1, 0.15) is 11.1 Å². The zero-order valence-electron chi connectivity index (χ0n) is 10.1. The number of benzene rings is 1. The van der Waals surface area contributed by atoms with Gasteiger partial charge in [0.25, 0.3) is 0 Å². The Labute approximate surface area is 116 Å². The van der Waals surface area contributed by atoms with Gasteiger partial charge in [-0.15, -0.1) is 11.6 Å². The van der Waals surface area contributed by atoms with E-state index in [-0.39, 0.29) is 18.3 Å². The van der Waals surface area contributed by atoms with Crippen molar-refractivity contribution in [3.05, 3.63) is 59.7 Å². The van der Waals surface area contributed by atoms with Crippen molar-refractivity contribution in [3.63, 3.8) is 0 Å². The molecule has 19 heavy (non-hydrogen) atoms. The molecule has 2 rings (SSSR count). The van der Waals surface area contributed by atoms with Crippen molar-refractivity contribution in [2.75, 3.05) is 5.88 Å². The Morgan fingerprint density at radius 2 is 2.11 bits per heavy atom. The molecule has 0 N–H and O–H groups in total. The summed E-state index contributed by atoms with van der Waals surface area (Å²) in [5, 5.41) is 0. The van der Waals surface area contributed by atoms with E-state index in [2.05, 4.69) is 16.8 Å². The summed E-state index contributed by atoms with van der Waals surface area (Å²) in [5.41, 5.74) is 1.21. The molecule has 2 nitrogen and oxygen atoms in total. The monoisotopic (exact) mass is 275 g/mol. The highest BCUT2D eigenvalue weighted by Crippen LogP contribution is 2.14. The Morgan fingerprint density at radius 3 is 2.89 bits per heavy atom. The number of ether oxygens (including phenoxy) is 1. The lowest BCUT2D eigenvalue weighted by molar-refractivity contribution is 0.298.